The van der Waals surface area contributed by atoms with E-state index in [1.54, 1.807) is 6.92 Å². The summed E-state index contributed by atoms with van der Waals surface area (Å²) in [6, 6.07) is 0. The van der Waals surface area contributed by atoms with Crippen LogP contribution in [0.15, 0.2) is 4.99 Å². The summed E-state index contributed by atoms with van der Waals surface area (Å²) < 4.78 is 9.03. The highest BCUT2D eigenvalue weighted by Gasteiger charge is 1.96. The van der Waals surface area contributed by atoms with Crippen molar-refractivity contribution in [2.24, 2.45) is 4.99 Å². The molecule has 0 radical (unpaired) electrons. The number of ether oxygens (including phenoxy) is 2. The Bertz CT molecular complexity index is 142. The largest absolute Gasteiger partial charge is 0.484 e. The maximum absolute atomic E-state index is 10.4. The fourth-order valence-corrected chi connectivity index (χ4v) is 0.305. The van der Waals surface area contributed by atoms with Crippen molar-refractivity contribution in [3.8, 4) is 0 Å². The Balaban J connectivity index is 3.61. The third-order valence-electron chi connectivity index (χ3n) is 0.954. The Kier molecular flexibility index (Phi) is 4.28. The molecule has 0 bridgehead atoms. The summed E-state index contributed by atoms with van der Waals surface area (Å²) in [5, 5.41) is 0. The Hall–Kier alpha value is -1.06. The van der Waals surface area contributed by atoms with E-state index in [0.29, 0.717) is 5.90 Å². The van der Waals surface area contributed by atoms with Crippen LogP contribution in [-0.2, 0) is 14.3 Å². The SMILES string of the molecule is COC(=O)CN=C(C)OC. The number of aliphatic imine (C=N–C) groups is 1. The number of esters is 1. The molecular formula is C6H11NO3. The van der Waals surface area contributed by atoms with Crippen molar-refractivity contribution >= 4 is 11.9 Å². The highest BCUT2D eigenvalue weighted by atomic mass is 16.5. The van der Waals surface area contributed by atoms with Gasteiger partial charge in [0.2, 0.25) is 0 Å². The van der Waals surface area contributed by atoms with Gasteiger partial charge < -0.3 is 9.47 Å². The summed E-state index contributed by atoms with van der Waals surface area (Å²) in [7, 11) is 2.82. The predicted molar refractivity (Wildman–Crippen MR) is 37.0 cm³/mol. The van der Waals surface area contributed by atoms with Crippen molar-refractivity contribution in [2.45, 2.75) is 6.92 Å². The van der Waals surface area contributed by atoms with E-state index < -0.39 is 0 Å². The summed E-state index contributed by atoms with van der Waals surface area (Å²) in [4.78, 5) is 14.2. The lowest BCUT2D eigenvalue weighted by molar-refractivity contribution is -0.138. The van der Waals surface area contributed by atoms with Crippen LogP contribution >= 0.6 is 0 Å². The zero-order valence-electron chi connectivity index (χ0n) is 6.38. The lowest BCUT2D eigenvalue weighted by Gasteiger charge is -1.96. The van der Waals surface area contributed by atoms with Crippen molar-refractivity contribution in [1.82, 2.24) is 0 Å². The molecule has 4 nitrogen and oxygen atoms in total. The van der Waals surface area contributed by atoms with E-state index >= 15 is 0 Å². The molecule has 0 aromatic rings. The van der Waals surface area contributed by atoms with Crippen LogP contribution in [0.3, 0.4) is 0 Å². The molecule has 4 heteroatoms. The van der Waals surface area contributed by atoms with Gasteiger partial charge in [-0.25, -0.2) is 4.99 Å². The first-order valence-electron chi connectivity index (χ1n) is 2.82. The molecule has 0 saturated heterocycles. The van der Waals surface area contributed by atoms with Crippen LogP contribution in [0.4, 0.5) is 0 Å². The first-order valence-corrected chi connectivity index (χ1v) is 2.82. The van der Waals surface area contributed by atoms with Crippen LogP contribution in [0.2, 0.25) is 0 Å². The molecule has 0 fully saturated rings. The molecule has 0 unspecified atom stereocenters. The van der Waals surface area contributed by atoms with Gasteiger partial charge in [0.05, 0.1) is 14.2 Å². The van der Waals surface area contributed by atoms with E-state index in [1.807, 2.05) is 0 Å². The molecule has 0 aromatic heterocycles. The van der Waals surface area contributed by atoms with Crippen LogP contribution in [0.1, 0.15) is 6.92 Å². The molecule has 0 atom stereocenters. The zero-order chi connectivity index (χ0) is 7.98. The lowest BCUT2D eigenvalue weighted by Crippen LogP contribution is -2.07. The summed E-state index contributed by atoms with van der Waals surface area (Å²) in [6.45, 7) is 1.69. The molecule has 0 rings (SSSR count). The van der Waals surface area contributed by atoms with E-state index in [2.05, 4.69) is 14.5 Å². The van der Waals surface area contributed by atoms with Crippen LogP contribution in [0, 0.1) is 0 Å². The van der Waals surface area contributed by atoms with Crippen LogP contribution in [-0.4, -0.2) is 32.6 Å². The quantitative estimate of drug-likeness (QED) is 0.317. The summed E-state index contributed by atoms with van der Waals surface area (Å²) >= 11 is 0. The van der Waals surface area contributed by atoms with E-state index in [-0.39, 0.29) is 12.5 Å². The number of methoxy groups -OCH3 is 2. The molecule has 0 spiro atoms. The lowest BCUT2D eigenvalue weighted by atomic mass is 10.6. The minimum atomic E-state index is -0.364. The fraction of sp³-hybridized carbons (Fsp3) is 0.667. The number of nitrogens with zero attached hydrogens (tertiary/aromatic N) is 1. The van der Waals surface area contributed by atoms with Gasteiger partial charge in [-0.05, 0) is 0 Å². The number of hydrogen-bond acceptors (Lipinski definition) is 4. The molecule has 0 aliphatic rings. The molecule has 58 valence electrons. The topological polar surface area (TPSA) is 47.9 Å². The Labute approximate surface area is 59.8 Å². The third kappa shape index (κ3) is 3.88. The van der Waals surface area contributed by atoms with Gasteiger partial charge in [0.15, 0.2) is 5.90 Å². The number of rotatable bonds is 2. The molecule has 10 heavy (non-hydrogen) atoms. The second-order valence-electron chi connectivity index (χ2n) is 1.62. The maximum atomic E-state index is 10.4. The van der Waals surface area contributed by atoms with Crippen molar-refractivity contribution in [1.29, 1.82) is 0 Å². The highest BCUT2D eigenvalue weighted by molar-refractivity contribution is 5.78. The highest BCUT2D eigenvalue weighted by Crippen LogP contribution is 1.80. The predicted octanol–water partition coefficient (Wildman–Crippen LogP) is 0.224. The van der Waals surface area contributed by atoms with Gasteiger partial charge in [-0.3, -0.25) is 4.79 Å². The minimum Gasteiger partial charge on any atom is -0.484 e. The van der Waals surface area contributed by atoms with Gasteiger partial charge >= 0.3 is 5.97 Å². The van der Waals surface area contributed by atoms with Gasteiger partial charge in [0.25, 0.3) is 0 Å². The van der Waals surface area contributed by atoms with Crippen molar-refractivity contribution < 1.29 is 14.3 Å². The van der Waals surface area contributed by atoms with Crippen molar-refractivity contribution in [3.63, 3.8) is 0 Å². The molecule has 0 aromatic carbocycles. The molecule has 0 aliphatic carbocycles. The number of hydrogen-bond donors (Lipinski definition) is 0. The van der Waals surface area contributed by atoms with Gasteiger partial charge in [0.1, 0.15) is 6.54 Å². The molecule has 0 heterocycles. The van der Waals surface area contributed by atoms with Crippen molar-refractivity contribution in [3.05, 3.63) is 0 Å². The van der Waals surface area contributed by atoms with Gasteiger partial charge in [-0.2, -0.15) is 0 Å². The first-order chi connectivity index (χ1) is 4.70. The Morgan fingerprint density at radius 2 is 2.00 bits per heavy atom. The van der Waals surface area contributed by atoms with Crippen molar-refractivity contribution in [2.75, 3.05) is 20.8 Å². The second kappa shape index (κ2) is 4.78. The van der Waals surface area contributed by atoms with Gasteiger partial charge in [-0.1, -0.05) is 0 Å². The van der Waals surface area contributed by atoms with E-state index in [4.69, 9.17) is 0 Å². The average molecular weight is 145 g/mol. The smallest absolute Gasteiger partial charge is 0.327 e. The Morgan fingerprint density at radius 1 is 1.40 bits per heavy atom. The monoisotopic (exact) mass is 145 g/mol. The standard InChI is InChI=1S/C6H11NO3/c1-5(9-2)7-4-6(8)10-3/h4H2,1-3H3. The van der Waals surface area contributed by atoms with Gasteiger partial charge in [-0.15, -0.1) is 0 Å². The summed E-state index contributed by atoms with van der Waals surface area (Å²) in [5.41, 5.74) is 0. The molecule has 0 saturated carbocycles. The van der Waals surface area contributed by atoms with E-state index in [1.165, 1.54) is 14.2 Å². The van der Waals surface area contributed by atoms with Crippen LogP contribution < -0.4 is 0 Å². The van der Waals surface area contributed by atoms with Crippen LogP contribution in [0.5, 0.6) is 0 Å². The third-order valence-corrected chi connectivity index (χ3v) is 0.954. The van der Waals surface area contributed by atoms with Gasteiger partial charge in [0, 0.05) is 6.92 Å². The average Bonchev–Trinajstić information content (AvgIpc) is 1.99. The summed E-state index contributed by atoms with van der Waals surface area (Å²) in [6.07, 6.45) is 0. The van der Waals surface area contributed by atoms with E-state index in [9.17, 15) is 4.79 Å². The maximum Gasteiger partial charge on any atom is 0.327 e. The fourth-order valence-electron chi connectivity index (χ4n) is 0.305. The summed E-state index contributed by atoms with van der Waals surface area (Å²) in [5.74, 6) is 0.113. The normalized spacial score (nSPS) is 10.9. The Morgan fingerprint density at radius 3 is 2.40 bits per heavy atom. The molecule has 0 N–H and O–H groups in total. The second-order valence-corrected chi connectivity index (χ2v) is 1.62. The number of carbonyl (C=O) groups is 1. The van der Waals surface area contributed by atoms with Crippen LogP contribution in [0.25, 0.3) is 0 Å². The van der Waals surface area contributed by atoms with E-state index in [0.717, 1.165) is 0 Å². The minimum absolute atomic E-state index is 0.0240. The molecule has 0 aliphatic heterocycles. The molecular weight excluding hydrogens is 134 g/mol. The molecule has 0 amide bonds. The number of carbonyl (C=O) groups excluding carboxylic acids is 1. The zero-order valence-corrected chi connectivity index (χ0v) is 6.38. The first kappa shape index (κ1) is 8.94.